The van der Waals surface area contributed by atoms with Gasteiger partial charge in [-0.15, -0.1) is 0 Å². The molecule has 1 aliphatic heterocycles. The zero-order chi connectivity index (χ0) is 16.3. The maximum Gasteiger partial charge on any atom is 0.276 e. The summed E-state index contributed by atoms with van der Waals surface area (Å²) >= 11 is 0. The van der Waals surface area contributed by atoms with Gasteiger partial charge in [0.25, 0.3) is 10.2 Å². The zero-order valence-electron chi connectivity index (χ0n) is 13.4. The number of nitrogens with two attached hydrogens (primary N) is 1. The van der Waals surface area contributed by atoms with Crippen LogP contribution in [0.2, 0.25) is 0 Å². The van der Waals surface area contributed by atoms with Gasteiger partial charge in [-0.05, 0) is 43.4 Å². The SMILES string of the molecule is NS(=O)(=O)N1CCN(Cc2cccc(OC3CCCC3)c2)CC1. The molecule has 7 heteroatoms. The average molecular weight is 339 g/mol. The van der Waals surface area contributed by atoms with E-state index in [9.17, 15) is 8.42 Å². The molecule has 1 aromatic carbocycles. The van der Waals surface area contributed by atoms with Gasteiger partial charge < -0.3 is 4.74 Å². The lowest BCUT2D eigenvalue weighted by molar-refractivity contribution is 0.180. The van der Waals surface area contributed by atoms with E-state index in [1.54, 1.807) is 0 Å². The van der Waals surface area contributed by atoms with E-state index in [2.05, 4.69) is 17.0 Å². The molecule has 2 fully saturated rings. The van der Waals surface area contributed by atoms with Crippen LogP contribution in [0.3, 0.4) is 0 Å². The molecule has 1 aliphatic carbocycles. The van der Waals surface area contributed by atoms with Gasteiger partial charge in [0.15, 0.2) is 0 Å². The summed E-state index contributed by atoms with van der Waals surface area (Å²) in [5.74, 6) is 0.942. The van der Waals surface area contributed by atoms with Crippen LogP contribution >= 0.6 is 0 Å². The Labute approximate surface area is 138 Å². The van der Waals surface area contributed by atoms with Crippen LogP contribution < -0.4 is 9.88 Å². The van der Waals surface area contributed by atoms with Crippen molar-refractivity contribution in [2.45, 2.75) is 38.3 Å². The first-order chi connectivity index (χ1) is 11.0. The largest absolute Gasteiger partial charge is 0.490 e. The lowest BCUT2D eigenvalue weighted by Gasteiger charge is -2.32. The molecule has 0 amide bonds. The van der Waals surface area contributed by atoms with Crippen molar-refractivity contribution in [3.8, 4) is 5.75 Å². The molecule has 1 saturated carbocycles. The van der Waals surface area contributed by atoms with Crippen molar-refractivity contribution in [3.05, 3.63) is 29.8 Å². The first-order valence-electron chi connectivity index (χ1n) is 8.26. The Balaban J connectivity index is 1.54. The predicted octanol–water partition coefficient (Wildman–Crippen LogP) is 1.33. The number of hydrogen-bond acceptors (Lipinski definition) is 4. The summed E-state index contributed by atoms with van der Waals surface area (Å²) in [5.41, 5.74) is 1.20. The van der Waals surface area contributed by atoms with Crippen LogP contribution in [-0.2, 0) is 16.8 Å². The van der Waals surface area contributed by atoms with E-state index >= 15 is 0 Å². The molecule has 0 unspecified atom stereocenters. The van der Waals surface area contributed by atoms with Gasteiger partial charge in [0, 0.05) is 32.7 Å². The molecule has 6 nitrogen and oxygen atoms in total. The van der Waals surface area contributed by atoms with Crippen molar-refractivity contribution in [1.82, 2.24) is 9.21 Å². The van der Waals surface area contributed by atoms with Crippen LogP contribution in [0.15, 0.2) is 24.3 Å². The second-order valence-electron chi connectivity index (χ2n) is 6.39. The first-order valence-corrected chi connectivity index (χ1v) is 9.77. The van der Waals surface area contributed by atoms with Gasteiger partial charge in [0.05, 0.1) is 6.10 Å². The number of piperazine rings is 1. The third-order valence-corrected chi connectivity index (χ3v) is 5.69. The fourth-order valence-corrected chi connectivity index (χ4v) is 3.99. The van der Waals surface area contributed by atoms with E-state index in [1.807, 2.05) is 12.1 Å². The topological polar surface area (TPSA) is 75.9 Å². The maximum absolute atomic E-state index is 11.3. The molecule has 1 heterocycles. The van der Waals surface area contributed by atoms with E-state index in [0.717, 1.165) is 25.1 Å². The quantitative estimate of drug-likeness (QED) is 0.878. The van der Waals surface area contributed by atoms with E-state index in [-0.39, 0.29) is 0 Å². The molecule has 0 radical (unpaired) electrons. The molecule has 23 heavy (non-hydrogen) atoms. The fourth-order valence-electron chi connectivity index (χ4n) is 3.32. The minimum absolute atomic E-state index is 0.364. The zero-order valence-corrected chi connectivity index (χ0v) is 14.2. The highest BCUT2D eigenvalue weighted by Crippen LogP contribution is 2.25. The lowest BCUT2D eigenvalue weighted by atomic mass is 10.2. The highest BCUT2D eigenvalue weighted by molar-refractivity contribution is 7.86. The Morgan fingerprint density at radius 3 is 2.48 bits per heavy atom. The van der Waals surface area contributed by atoms with Crippen molar-refractivity contribution >= 4 is 10.2 Å². The number of nitrogens with zero attached hydrogens (tertiary/aromatic N) is 2. The molecule has 1 aromatic rings. The van der Waals surface area contributed by atoms with Crippen molar-refractivity contribution < 1.29 is 13.2 Å². The Morgan fingerprint density at radius 1 is 1.13 bits per heavy atom. The van der Waals surface area contributed by atoms with Crippen molar-refractivity contribution in [3.63, 3.8) is 0 Å². The molecule has 3 rings (SSSR count). The van der Waals surface area contributed by atoms with Crippen molar-refractivity contribution in [1.29, 1.82) is 0 Å². The van der Waals surface area contributed by atoms with E-state index in [1.165, 1.54) is 22.7 Å². The maximum atomic E-state index is 11.3. The summed E-state index contributed by atoms with van der Waals surface area (Å²) in [4.78, 5) is 2.25. The van der Waals surface area contributed by atoms with Gasteiger partial charge in [-0.2, -0.15) is 12.7 Å². The molecule has 1 saturated heterocycles. The van der Waals surface area contributed by atoms with Crippen LogP contribution in [-0.4, -0.2) is 49.9 Å². The van der Waals surface area contributed by atoms with Gasteiger partial charge in [0.1, 0.15) is 5.75 Å². The highest BCUT2D eigenvalue weighted by Gasteiger charge is 2.24. The van der Waals surface area contributed by atoms with Gasteiger partial charge in [0.2, 0.25) is 0 Å². The summed E-state index contributed by atoms with van der Waals surface area (Å²) in [7, 11) is -3.56. The van der Waals surface area contributed by atoms with Crippen LogP contribution in [0.1, 0.15) is 31.2 Å². The van der Waals surface area contributed by atoms with E-state index in [0.29, 0.717) is 32.3 Å². The molecule has 128 valence electrons. The number of hydrogen-bond donors (Lipinski definition) is 1. The predicted molar refractivity (Wildman–Crippen MR) is 89.3 cm³/mol. The molecule has 0 atom stereocenters. The fraction of sp³-hybridized carbons (Fsp3) is 0.625. The average Bonchev–Trinajstić information content (AvgIpc) is 3.00. The Kier molecular flexibility index (Phi) is 5.21. The van der Waals surface area contributed by atoms with Gasteiger partial charge in [-0.1, -0.05) is 12.1 Å². The Hall–Kier alpha value is -1.15. The van der Waals surface area contributed by atoms with E-state index in [4.69, 9.17) is 9.88 Å². The summed E-state index contributed by atoms with van der Waals surface area (Å²) in [6.45, 7) is 3.11. The molecule has 2 aliphatic rings. The Bertz CT molecular complexity index is 621. The summed E-state index contributed by atoms with van der Waals surface area (Å²) in [6.07, 6.45) is 5.19. The normalized spacial score (nSPS) is 21.6. The summed E-state index contributed by atoms with van der Waals surface area (Å²) in [6, 6.07) is 8.24. The highest BCUT2D eigenvalue weighted by atomic mass is 32.2. The number of benzene rings is 1. The molecular weight excluding hydrogens is 314 g/mol. The van der Waals surface area contributed by atoms with Crippen LogP contribution in [0.25, 0.3) is 0 Å². The van der Waals surface area contributed by atoms with E-state index < -0.39 is 10.2 Å². The second-order valence-corrected chi connectivity index (χ2v) is 7.94. The van der Waals surface area contributed by atoms with Crippen LogP contribution in [0, 0.1) is 0 Å². The first kappa shape index (κ1) is 16.7. The Morgan fingerprint density at radius 2 is 1.83 bits per heavy atom. The molecule has 0 spiro atoms. The number of rotatable bonds is 5. The van der Waals surface area contributed by atoms with Crippen LogP contribution in [0.5, 0.6) is 5.75 Å². The molecule has 0 aromatic heterocycles. The van der Waals surface area contributed by atoms with Crippen molar-refractivity contribution in [2.75, 3.05) is 26.2 Å². The number of ether oxygens (including phenoxy) is 1. The minimum Gasteiger partial charge on any atom is -0.490 e. The third kappa shape index (κ3) is 4.67. The summed E-state index contributed by atoms with van der Waals surface area (Å²) in [5, 5.41) is 5.17. The third-order valence-electron chi connectivity index (χ3n) is 4.60. The molecule has 2 N–H and O–H groups in total. The lowest BCUT2D eigenvalue weighted by Crippen LogP contribution is -2.50. The van der Waals surface area contributed by atoms with Gasteiger partial charge in [-0.3, -0.25) is 4.90 Å². The van der Waals surface area contributed by atoms with Crippen molar-refractivity contribution in [2.24, 2.45) is 5.14 Å². The minimum atomic E-state index is -3.56. The smallest absolute Gasteiger partial charge is 0.276 e. The second kappa shape index (κ2) is 7.17. The van der Waals surface area contributed by atoms with Gasteiger partial charge >= 0.3 is 0 Å². The van der Waals surface area contributed by atoms with Crippen LogP contribution in [0.4, 0.5) is 0 Å². The molecular formula is C16H25N3O3S. The standard InChI is InChI=1S/C16H25N3O3S/c17-23(20,21)19-10-8-18(9-11-19)13-14-4-3-7-16(12-14)22-15-5-1-2-6-15/h3-4,7,12,15H,1-2,5-6,8-11,13H2,(H2,17,20,21). The molecule has 0 bridgehead atoms. The summed E-state index contributed by atoms with van der Waals surface area (Å²) < 4.78 is 30.0. The van der Waals surface area contributed by atoms with Gasteiger partial charge in [-0.25, -0.2) is 5.14 Å². The monoisotopic (exact) mass is 339 g/mol.